The second-order valence-electron chi connectivity index (χ2n) is 3.81. The Kier molecular flexibility index (Phi) is 4.64. The average Bonchev–Trinajstić information content (AvgIpc) is 2.18. The predicted octanol–water partition coefficient (Wildman–Crippen LogP) is 2.35. The number of benzene rings is 1. The summed E-state index contributed by atoms with van der Waals surface area (Å²) >= 11 is 1.65. The number of hydrogen-bond donors (Lipinski definition) is 2. The Labute approximate surface area is 95.3 Å². The van der Waals surface area contributed by atoms with Crippen LogP contribution in [0, 0.1) is 6.92 Å². The molecule has 3 heteroatoms. The van der Waals surface area contributed by atoms with Gasteiger partial charge in [0.25, 0.3) is 0 Å². The molecule has 0 aliphatic heterocycles. The fourth-order valence-electron chi connectivity index (χ4n) is 1.23. The summed E-state index contributed by atoms with van der Waals surface area (Å²) in [5.41, 5.74) is 2.06. The largest absolute Gasteiger partial charge is 0.392 e. The molecule has 15 heavy (non-hydrogen) atoms. The molecule has 0 spiro atoms. The van der Waals surface area contributed by atoms with Crippen LogP contribution in [0.3, 0.4) is 0 Å². The summed E-state index contributed by atoms with van der Waals surface area (Å²) < 4.78 is 0. The number of rotatable bonds is 4. The van der Waals surface area contributed by atoms with Gasteiger partial charge in [0, 0.05) is 10.1 Å². The van der Waals surface area contributed by atoms with E-state index >= 15 is 0 Å². The Morgan fingerprint density at radius 1 is 1.33 bits per heavy atom. The molecule has 2 nitrogen and oxygen atoms in total. The minimum absolute atomic E-state index is 0.0860. The van der Waals surface area contributed by atoms with E-state index in [1.165, 1.54) is 0 Å². The molecule has 0 radical (unpaired) electrons. The second kappa shape index (κ2) is 5.54. The van der Waals surface area contributed by atoms with Crippen LogP contribution in [0.5, 0.6) is 0 Å². The van der Waals surface area contributed by atoms with Crippen molar-refractivity contribution in [2.45, 2.75) is 43.6 Å². The van der Waals surface area contributed by atoms with E-state index in [1.807, 2.05) is 26.0 Å². The van der Waals surface area contributed by atoms with Crippen molar-refractivity contribution in [2.24, 2.45) is 0 Å². The highest BCUT2D eigenvalue weighted by Gasteiger charge is 2.10. The molecule has 2 N–H and O–H groups in total. The van der Waals surface area contributed by atoms with Crippen LogP contribution in [0.2, 0.25) is 0 Å². The van der Waals surface area contributed by atoms with Gasteiger partial charge < -0.3 is 10.2 Å². The van der Waals surface area contributed by atoms with Gasteiger partial charge in [-0.1, -0.05) is 13.0 Å². The van der Waals surface area contributed by atoms with Crippen LogP contribution in [0.15, 0.2) is 23.1 Å². The van der Waals surface area contributed by atoms with E-state index in [9.17, 15) is 5.11 Å². The quantitative estimate of drug-likeness (QED) is 0.774. The van der Waals surface area contributed by atoms with Gasteiger partial charge in [-0.25, -0.2) is 0 Å². The first-order valence-corrected chi connectivity index (χ1v) is 5.97. The summed E-state index contributed by atoms with van der Waals surface area (Å²) in [6, 6.07) is 5.98. The van der Waals surface area contributed by atoms with Crippen molar-refractivity contribution in [3.63, 3.8) is 0 Å². The molecule has 84 valence electrons. The van der Waals surface area contributed by atoms with Crippen molar-refractivity contribution in [1.29, 1.82) is 0 Å². The van der Waals surface area contributed by atoms with Gasteiger partial charge in [0.15, 0.2) is 0 Å². The zero-order chi connectivity index (χ0) is 11.4. The van der Waals surface area contributed by atoms with Gasteiger partial charge in [0.05, 0.1) is 12.7 Å². The molecule has 1 rings (SSSR count). The third kappa shape index (κ3) is 3.52. The smallest absolute Gasteiger partial charge is 0.0684 e. The molecular formula is C12H18O2S. The Morgan fingerprint density at radius 2 is 2.00 bits per heavy atom. The molecule has 1 aromatic carbocycles. The highest BCUT2D eigenvalue weighted by Crippen LogP contribution is 2.27. The van der Waals surface area contributed by atoms with Gasteiger partial charge in [-0.15, -0.1) is 11.8 Å². The molecule has 0 amide bonds. The van der Waals surface area contributed by atoms with Gasteiger partial charge in [-0.2, -0.15) is 0 Å². The monoisotopic (exact) mass is 226 g/mol. The van der Waals surface area contributed by atoms with Crippen LogP contribution < -0.4 is 0 Å². The van der Waals surface area contributed by atoms with Crippen LogP contribution in [0.4, 0.5) is 0 Å². The van der Waals surface area contributed by atoms with E-state index in [2.05, 4.69) is 6.07 Å². The maximum Gasteiger partial charge on any atom is 0.0684 e. The van der Waals surface area contributed by atoms with E-state index in [-0.39, 0.29) is 18.0 Å². The molecule has 0 bridgehead atoms. The Hall–Kier alpha value is -0.510. The third-order valence-electron chi connectivity index (χ3n) is 2.49. The van der Waals surface area contributed by atoms with Crippen LogP contribution in [0.25, 0.3) is 0 Å². The van der Waals surface area contributed by atoms with Crippen LogP contribution >= 0.6 is 11.8 Å². The zero-order valence-electron chi connectivity index (χ0n) is 9.40. The molecule has 2 atom stereocenters. The fourth-order valence-corrected chi connectivity index (χ4v) is 2.25. The molecule has 0 saturated heterocycles. The number of thioether (sulfide) groups is 1. The lowest BCUT2D eigenvalue weighted by atomic mass is 10.1. The Morgan fingerprint density at radius 3 is 2.47 bits per heavy atom. The predicted molar refractivity (Wildman–Crippen MR) is 64.1 cm³/mol. The lowest BCUT2D eigenvalue weighted by Crippen LogP contribution is -2.14. The summed E-state index contributed by atoms with van der Waals surface area (Å²) in [5, 5.41) is 18.6. The maximum atomic E-state index is 9.39. The van der Waals surface area contributed by atoms with Gasteiger partial charge in [0.2, 0.25) is 0 Å². The lowest BCUT2D eigenvalue weighted by molar-refractivity contribution is 0.196. The second-order valence-corrected chi connectivity index (χ2v) is 5.26. The standard InChI is InChI=1S/C12H18O2S/c1-8-6-12(5-4-11(8)7-13)15-10(3)9(2)14/h4-6,9-10,13-14H,7H2,1-3H3. The fraction of sp³-hybridized carbons (Fsp3) is 0.500. The zero-order valence-corrected chi connectivity index (χ0v) is 10.2. The summed E-state index contributed by atoms with van der Waals surface area (Å²) in [7, 11) is 0. The molecule has 0 aliphatic rings. The minimum atomic E-state index is -0.312. The third-order valence-corrected chi connectivity index (χ3v) is 3.78. The van der Waals surface area contributed by atoms with Crippen molar-refractivity contribution in [1.82, 2.24) is 0 Å². The van der Waals surface area contributed by atoms with Gasteiger partial charge in [-0.3, -0.25) is 0 Å². The number of aliphatic hydroxyl groups excluding tert-OH is 2. The summed E-state index contributed by atoms with van der Waals surface area (Å²) in [5.74, 6) is 0. The van der Waals surface area contributed by atoms with E-state index in [1.54, 1.807) is 18.7 Å². The molecule has 1 aromatic rings. The molecule has 0 fully saturated rings. The number of aryl methyl sites for hydroxylation is 1. The van der Waals surface area contributed by atoms with Crippen molar-refractivity contribution in [3.8, 4) is 0 Å². The number of aliphatic hydroxyl groups is 2. The van der Waals surface area contributed by atoms with E-state index < -0.39 is 0 Å². The Bertz CT molecular complexity index is 323. The SMILES string of the molecule is Cc1cc(SC(C)C(C)O)ccc1CO. The first kappa shape index (κ1) is 12.6. The summed E-state index contributed by atoms with van der Waals surface area (Å²) in [6.07, 6.45) is -0.312. The first-order chi connectivity index (χ1) is 7.04. The first-order valence-electron chi connectivity index (χ1n) is 5.09. The number of hydrogen-bond acceptors (Lipinski definition) is 3. The van der Waals surface area contributed by atoms with Gasteiger partial charge >= 0.3 is 0 Å². The highest BCUT2D eigenvalue weighted by atomic mass is 32.2. The van der Waals surface area contributed by atoms with E-state index in [0.717, 1.165) is 16.0 Å². The highest BCUT2D eigenvalue weighted by molar-refractivity contribution is 8.00. The van der Waals surface area contributed by atoms with Crippen LogP contribution in [-0.4, -0.2) is 21.6 Å². The van der Waals surface area contributed by atoms with Crippen LogP contribution in [-0.2, 0) is 6.61 Å². The van der Waals surface area contributed by atoms with Gasteiger partial charge in [-0.05, 0) is 37.1 Å². The lowest BCUT2D eigenvalue weighted by Gasteiger charge is -2.14. The summed E-state index contributed by atoms with van der Waals surface area (Å²) in [4.78, 5) is 1.14. The molecule has 0 aliphatic carbocycles. The van der Waals surface area contributed by atoms with Crippen molar-refractivity contribution < 1.29 is 10.2 Å². The normalized spacial score (nSPS) is 15.0. The minimum Gasteiger partial charge on any atom is -0.392 e. The Balaban J connectivity index is 2.75. The van der Waals surface area contributed by atoms with Crippen molar-refractivity contribution in [2.75, 3.05) is 0 Å². The van der Waals surface area contributed by atoms with Crippen LogP contribution in [0.1, 0.15) is 25.0 Å². The van der Waals surface area contributed by atoms with Crippen molar-refractivity contribution in [3.05, 3.63) is 29.3 Å². The molecule has 0 saturated carbocycles. The molecule has 2 unspecified atom stereocenters. The van der Waals surface area contributed by atoms with E-state index in [0.29, 0.717) is 0 Å². The van der Waals surface area contributed by atoms with Gasteiger partial charge in [0.1, 0.15) is 0 Å². The molecule has 0 heterocycles. The maximum absolute atomic E-state index is 9.39. The molecular weight excluding hydrogens is 208 g/mol. The topological polar surface area (TPSA) is 40.5 Å². The average molecular weight is 226 g/mol. The van der Waals surface area contributed by atoms with Crippen molar-refractivity contribution >= 4 is 11.8 Å². The molecule has 0 aromatic heterocycles. The van der Waals surface area contributed by atoms with E-state index in [4.69, 9.17) is 5.11 Å². The summed E-state index contributed by atoms with van der Waals surface area (Å²) in [6.45, 7) is 5.88.